The molecule has 2 aromatic heterocycles. The van der Waals surface area contributed by atoms with Crippen LogP contribution >= 0.6 is 0 Å². The van der Waals surface area contributed by atoms with E-state index in [9.17, 15) is 9.59 Å². The summed E-state index contributed by atoms with van der Waals surface area (Å²) in [5.41, 5.74) is 8.03. The van der Waals surface area contributed by atoms with Crippen LogP contribution in [0.15, 0.2) is 66.9 Å². The summed E-state index contributed by atoms with van der Waals surface area (Å²) in [4.78, 5) is 34.4. The van der Waals surface area contributed by atoms with Crippen molar-refractivity contribution in [1.29, 1.82) is 0 Å². The second-order valence-corrected chi connectivity index (χ2v) is 10.6. The largest absolute Gasteiger partial charge is 0.480 e. The maximum absolute atomic E-state index is 11.7. The number of ether oxygens (including phenoxy) is 3. The van der Waals surface area contributed by atoms with E-state index in [1.54, 1.807) is 7.11 Å². The molecular weight excluding hydrogens is 520 g/mol. The van der Waals surface area contributed by atoms with Gasteiger partial charge in [-0.25, -0.2) is 14.8 Å². The van der Waals surface area contributed by atoms with Crippen LogP contribution < -0.4 is 10.5 Å². The van der Waals surface area contributed by atoms with Gasteiger partial charge < -0.3 is 24.9 Å². The lowest BCUT2D eigenvalue weighted by molar-refractivity contribution is -0.154. The van der Waals surface area contributed by atoms with Crippen molar-refractivity contribution in [2.45, 2.75) is 71.5 Å². The number of nitrogens with one attached hydrogen (secondary N) is 1. The number of pyridine rings is 1. The molecule has 0 aliphatic heterocycles. The Balaban J connectivity index is 0.000000352. The minimum Gasteiger partial charge on any atom is -0.480 e. The van der Waals surface area contributed by atoms with Gasteiger partial charge in [-0.05, 0) is 51.3 Å². The molecule has 9 heteroatoms. The average Bonchev–Trinajstić information content (AvgIpc) is 3.42. The van der Waals surface area contributed by atoms with E-state index in [1.165, 1.54) is 0 Å². The maximum Gasteiger partial charge on any atom is 0.404 e. The first-order valence-electron chi connectivity index (χ1n) is 13.8. The third-order valence-corrected chi connectivity index (χ3v) is 5.99. The Labute approximate surface area is 241 Å². The number of hydrogen-bond acceptors (Lipinski definition) is 7. The van der Waals surface area contributed by atoms with E-state index in [-0.39, 0.29) is 12.6 Å². The number of rotatable bonds is 11. The highest BCUT2D eigenvalue weighted by Crippen LogP contribution is 2.30. The highest BCUT2D eigenvalue weighted by molar-refractivity contribution is 5.85. The topological polar surface area (TPSA) is 129 Å². The van der Waals surface area contributed by atoms with E-state index >= 15 is 0 Å². The molecule has 0 spiro atoms. The third kappa shape index (κ3) is 10.9. The second-order valence-electron chi connectivity index (χ2n) is 10.6. The fraction of sp³-hybridized carbons (Fsp3) is 0.375. The van der Waals surface area contributed by atoms with Crippen LogP contribution in [0.5, 0.6) is 5.88 Å². The third-order valence-electron chi connectivity index (χ3n) is 5.99. The lowest BCUT2D eigenvalue weighted by atomic mass is 10.1. The van der Waals surface area contributed by atoms with Crippen molar-refractivity contribution in [1.82, 2.24) is 15.0 Å². The average molecular weight is 561 g/mol. The number of benzene rings is 2. The molecule has 9 nitrogen and oxygen atoms in total. The number of esters is 1. The van der Waals surface area contributed by atoms with E-state index in [1.807, 2.05) is 81.6 Å². The minimum absolute atomic E-state index is 0.115. The number of methoxy groups -OCH3 is 1. The van der Waals surface area contributed by atoms with Gasteiger partial charge in [0.25, 0.3) is 0 Å². The Kier molecular flexibility index (Phi) is 11.7. The van der Waals surface area contributed by atoms with Crippen molar-refractivity contribution in [2.24, 2.45) is 5.73 Å². The van der Waals surface area contributed by atoms with Crippen molar-refractivity contribution in [3.05, 3.63) is 78.2 Å². The summed E-state index contributed by atoms with van der Waals surface area (Å²) in [7, 11) is 1.63. The zero-order valence-corrected chi connectivity index (χ0v) is 24.3. The number of aromatic nitrogens is 3. The number of carbonyl (C=O) groups is 2. The molecule has 2 heterocycles. The van der Waals surface area contributed by atoms with Gasteiger partial charge >= 0.3 is 12.1 Å². The molecule has 0 saturated carbocycles. The van der Waals surface area contributed by atoms with Crippen LogP contribution in [0.2, 0.25) is 0 Å². The summed E-state index contributed by atoms with van der Waals surface area (Å²) in [6, 6.07) is 19.4. The van der Waals surface area contributed by atoms with Crippen LogP contribution in [-0.2, 0) is 27.3 Å². The van der Waals surface area contributed by atoms with E-state index < -0.39 is 11.7 Å². The number of hydrogen-bond donors (Lipinski definition) is 2. The molecule has 4 aromatic rings. The standard InChI is InChI=1S/C24H31N3O3.C8H9NO2/c1-24(2,3)30-22(28)14-8-6-5-7-13-21-25-16-20(26-21)18-15-17-11-9-10-12-19(17)27-23(18)29-4;9-8(10)11-6-7-4-2-1-3-5-7/h9-12,15-16H,5-8,13-14H2,1-4H3,(H,25,26);1-5H,6H2,(H2,9,10). The quantitative estimate of drug-likeness (QED) is 0.153. The molecule has 0 saturated heterocycles. The number of amides is 1. The van der Waals surface area contributed by atoms with Crippen LogP contribution in [0.1, 0.15) is 64.3 Å². The Morgan fingerprint density at radius 1 is 0.951 bits per heavy atom. The van der Waals surface area contributed by atoms with Gasteiger partial charge in [-0.3, -0.25) is 4.79 Å². The monoisotopic (exact) mass is 560 g/mol. The first kappa shape index (κ1) is 31.1. The van der Waals surface area contributed by atoms with Crippen molar-refractivity contribution < 1.29 is 23.8 Å². The zero-order valence-electron chi connectivity index (χ0n) is 24.3. The molecule has 0 fully saturated rings. The van der Waals surface area contributed by atoms with Crippen LogP contribution in [0.3, 0.4) is 0 Å². The Morgan fingerprint density at radius 2 is 1.66 bits per heavy atom. The maximum atomic E-state index is 11.7. The number of primary amides is 1. The van der Waals surface area contributed by atoms with Crippen LogP contribution in [0.25, 0.3) is 22.2 Å². The number of unbranched alkanes of at least 4 members (excludes halogenated alkanes) is 3. The van der Waals surface area contributed by atoms with Crippen LogP contribution in [0.4, 0.5) is 4.79 Å². The minimum atomic E-state index is -0.742. The molecule has 0 aliphatic rings. The molecule has 0 atom stereocenters. The molecular formula is C32H40N4O5. The summed E-state index contributed by atoms with van der Waals surface area (Å²) >= 11 is 0. The first-order chi connectivity index (χ1) is 19.6. The van der Waals surface area contributed by atoms with Crippen molar-refractivity contribution in [2.75, 3.05) is 7.11 Å². The number of nitrogens with two attached hydrogens (primary N) is 1. The normalized spacial score (nSPS) is 10.9. The lowest BCUT2D eigenvalue weighted by Crippen LogP contribution is -2.23. The fourth-order valence-corrected chi connectivity index (χ4v) is 4.11. The van der Waals surface area contributed by atoms with Gasteiger partial charge in [0.2, 0.25) is 5.88 Å². The first-order valence-corrected chi connectivity index (χ1v) is 13.8. The summed E-state index contributed by atoms with van der Waals surface area (Å²) in [6.07, 6.45) is 6.40. The van der Waals surface area contributed by atoms with Gasteiger partial charge in [0, 0.05) is 18.2 Å². The number of aryl methyl sites for hydroxylation is 1. The van der Waals surface area contributed by atoms with Crippen molar-refractivity contribution in [3.63, 3.8) is 0 Å². The summed E-state index contributed by atoms with van der Waals surface area (Å²) in [5.74, 6) is 1.43. The second kappa shape index (κ2) is 15.4. The number of aromatic amines is 1. The van der Waals surface area contributed by atoms with Gasteiger partial charge in [0.1, 0.15) is 18.0 Å². The number of para-hydroxylation sites is 1. The predicted molar refractivity (Wildman–Crippen MR) is 159 cm³/mol. The Hall–Kier alpha value is -4.40. The number of nitrogens with zero attached hydrogens (tertiary/aromatic N) is 2. The summed E-state index contributed by atoms with van der Waals surface area (Å²) in [5, 5.41) is 1.06. The van der Waals surface area contributed by atoms with Gasteiger partial charge in [-0.15, -0.1) is 0 Å². The number of fused-ring (bicyclic) bond motifs is 1. The number of carbonyl (C=O) groups excluding carboxylic acids is 2. The van der Waals surface area contributed by atoms with Gasteiger partial charge in [-0.2, -0.15) is 0 Å². The number of H-pyrrole nitrogens is 1. The van der Waals surface area contributed by atoms with E-state index in [0.29, 0.717) is 12.3 Å². The molecule has 41 heavy (non-hydrogen) atoms. The lowest BCUT2D eigenvalue weighted by Gasteiger charge is -2.19. The zero-order chi connectivity index (χ0) is 29.7. The number of imidazole rings is 1. The fourth-order valence-electron chi connectivity index (χ4n) is 4.11. The van der Waals surface area contributed by atoms with Crippen LogP contribution in [0, 0.1) is 0 Å². The smallest absolute Gasteiger partial charge is 0.404 e. The molecule has 0 aliphatic carbocycles. The van der Waals surface area contributed by atoms with Crippen molar-refractivity contribution in [3.8, 4) is 17.1 Å². The Bertz CT molecular complexity index is 1400. The predicted octanol–water partition coefficient (Wildman–Crippen LogP) is 6.75. The molecule has 0 radical (unpaired) electrons. The SMILES string of the molecule is COc1nc2ccccc2cc1-c1cnc(CCCCCCC(=O)OC(C)(C)C)[nH]1.NC(=O)OCc1ccccc1. The molecule has 0 bridgehead atoms. The molecule has 2 aromatic carbocycles. The molecule has 1 amide bonds. The van der Waals surface area contributed by atoms with E-state index in [2.05, 4.69) is 25.8 Å². The summed E-state index contributed by atoms with van der Waals surface area (Å²) < 4.78 is 15.4. The van der Waals surface area contributed by atoms with Gasteiger partial charge in [0.15, 0.2) is 0 Å². The van der Waals surface area contributed by atoms with E-state index in [4.69, 9.17) is 15.2 Å². The molecule has 218 valence electrons. The van der Waals surface area contributed by atoms with Crippen molar-refractivity contribution >= 4 is 23.0 Å². The molecule has 4 rings (SSSR count). The highest BCUT2D eigenvalue weighted by Gasteiger charge is 2.16. The molecule has 3 N–H and O–H groups in total. The highest BCUT2D eigenvalue weighted by atomic mass is 16.6. The van der Waals surface area contributed by atoms with Gasteiger partial charge in [-0.1, -0.05) is 61.4 Å². The summed E-state index contributed by atoms with van der Waals surface area (Å²) in [6.45, 7) is 5.93. The van der Waals surface area contributed by atoms with E-state index in [0.717, 1.165) is 65.7 Å². The molecule has 0 unspecified atom stereocenters. The van der Waals surface area contributed by atoms with Crippen LogP contribution in [-0.4, -0.2) is 39.7 Å². The van der Waals surface area contributed by atoms with Gasteiger partial charge in [0.05, 0.1) is 30.1 Å². The Morgan fingerprint density at radius 3 is 2.37 bits per heavy atom.